The predicted molar refractivity (Wildman–Crippen MR) is 215 cm³/mol. The maximum Gasteiger partial charge on any atom is 0.374 e. The van der Waals surface area contributed by atoms with Crippen molar-refractivity contribution in [2.45, 2.75) is 115 Å². The summed E-state index contributed by atoms with van der Waals surface area (Å²) in [4.78, 5) is 120. The zero-order valence-corrected chi connectivity index (χ0v) is 37.1. The van der Waals surface area contributed by atoms with Crippen molar-refractivity contribution in [1.82, 2.24) is 9.97 Å². The summed E-state index contributed by atoms with van der Waals surface area (Å²) in [7, 11) is 0. The van der Waals surface area contributed by atoms with Crippen molar-refractivity contribution in [3.8, 4) is 0 Å². The monoisotopic (exact) mass is 920 g/mol. The molecule has 2 saturated carbocycles. The number of furan rings is 1. The third kappa shape index (κ3) is 7.72. The van der Waals surface area contributed by atoms with E-state index in [-0.39, 0.29) is 16.8 Å². The van der Waals surface area contributed by atoms with Crippen LogP contribution in [0, 0.1) is 17.3 Å². The number of pyridine rings is 2. The number of nitrogens with zero attached hydrogens (tertiary/aromatic N) is 2. The molecule has 3 aromatic rings. The van der Waals surface area contributed by atoms with Crippen LogP contribution in [0.25, 0.3) is 0 Å². The Morgan fingerprint density at radius 2 is 1.44 bits per heavy atom. The quantitative estimate of drug-likeness (QED) is 0.238. The summed E-state index contributed by atoms with van der Waals surface area (Å²) in [6.45, 7) is 7.37. The summed E-state index contributed by atoms with van der Waals surface area (Å²) in [5, 5.41) is 13.8. The highest BCUT2D eigenvalue weighted by Crippen LogP contribution is 2.70. The lowest BCUT2D eigenvalue weighted by Crippen LogP contribution is -2.89. The number of carbonyl (C=O) groups is 8. The van der Waals surface area contributed by atoms with E-state index in [2.05, 4.69) is 9.97 Å². The van der Waals surface area contributed by atoms with Crippen LogP contribution in [-0.4, -0.2) is 129 Å². The molecule has 0 amide bonds. The first-order valence-corrected chi connectivity index (χ1v) is 20.9. The zero-order chi connectivity index (χ0) is 48.1. The van der Waals surface area contributed by atoms with Crippen LogP contribution in [0.5, 0.6) is 0 Å². The van der Waals surface area contributed by atoms with Gasteiger partial charge in [-0.1, -0.05) is 13.8 Å². The van der Waals surface area contributed by atoms with Gasteiger partial charge in [-0.25, -0.2) is 14.4 Å². The molecule has 2 aliphatic heterocycles. The van der Waals surface area contributed by atoms with Crippen LogP contribution < -0.4 is 0 Å². The van der Waals surface area contributed by atoms with Crippen molar-refractivity contribution in [1.29, 1.82) is 0 Å². The Kier molecular flexibility index (Phi) is 12.6. The third-order valence-corrected chi connectivity index (χ3v) is 12.9. The molecule has 352 valence electrons. The summed E-state index contributed by atoms with van der Waals surface area (Å²) in [5.74, 6) is -12.9. The van der Waals surface area contributed by atoms with Crippen LogP contribution >= 0.6 is 0 Å². The SMILES string of the molecule is CC(=O)OC[C@]12[C@H](OC(C)=O)[C@H](OC(=O)c3cccnc3)[C@@H]3[C@@H](OC(=O)c4ccco4)[C@@]14O[C@@]3(C)COC(=O)c1cccnc1[C@H](C)[C@H](C)C(=O)O[C@@H]([C@H](OC(C)=O)[C@@H]2OC(C)=O)[C@]4(C)O. The van der Waals surface area contributed by atoms with Gasteiger partial charge in [0, 0.05) is 52.2 Å². The van der Waals surface area contributed by atoms with Crippen LogP contribution in [-0.2, 0) is 66.6 Å². The summed E-state index contributed by atoms with van der Waals surface area (Å²) >= 11 is 0. The lowest BCUT2D eigenvalue weighted by atomic mass is 9.45. The van der Waals surface area contributed by atoms with Crippen LogP contribution in [0.3, 0.4) is 0 Å². The topological polar surface area (TPSA) is 279 Å². The molecule has 4 aliphatic rings. The van der Waals surface area contributed by atoms with Crippen molar-refractivity contribution in [3.63, 3.8) is 0 Å². The van der Waals surface area contributed by atoms with E-state index in [9.17, 15) is 43.5 Å². The molecule has 0 aromatic carbocycles. The van der Waals surface area contributed by atoms with Crippen LogP contribution in [0.2, 0.25) is 0 Å². The average molecular weight is 921 g/mol. The molecule has 5 heterocycles. The number of hydrogen-bond donors (Lipinski definition) is 1. The first-order chi connectivity index (χ1) is 31.1. The van der Waals surface area contributed by atoms with Crippen molar-refractivity contribution in [2.24, 2.45) is 17.3 Å². The van der Waals surface area contributed by atoms with Gasteiger partial charge in [-0.05, 0) is 50.2 Å². The van der Waals surface area contributed by atoms with Gasteiger partial charge in [-0.3, -0.25) is 33.9 Å². The summed E-state index contributed by atoms with van der Waals surface area (Å²) in [5.41, 5.74) is -10.9. The van der Waals surface area contributed by atoms with Gasteiger partial charge in [0.25, 0.3) is 0 Å². The molecule has 7 rings (SSSR count). The molecule has 3 fully saturated rings. The molecule has 21 nitrogen and oxygen atoms in total. The molecule has 3 aromatic heterocycles. The predicted octanol–water partition coefficient (Wildman–Crippen LogP) is 2.61. The maximum atomic E-state index is 14.6. The van der Waals surface area contributed by atoms with Crippen LogP contribution in [0.4, 0.5) is 0 Å². The number of hydrogen-bond acceptors (Lipinski definition) is 21. The minimum absolute atomic E-state index is 0.0771. The Morgan fingerprint density at radius 3 is 2.05 bits per heavy atom. The molecular formula is C45H48N2O19. The largest absolute Gasteiger partial charge is 0.465 e. The number of esters is 8. The van der Waals surface area contributed by atoms with E-state index in [1.165, 1.54) is 62.6 Å². The minimum atomic E-state index is -2.94. The van der Waals surface area contributed by atoms with E-state index in [1.807, 2.05) is 0 Å². The molecule has 13 atom stereocenters. The Bertz CT molecular complexity index is 2420. The first-order valence-electron chi connectivity index (χ1n) is 20.9. The standard InChI is InChI=1S/C45H48N2O19/c1-21-22(2)38(52)65-35-33(60-24(4)49)37(62-26(6)51)44(20-58-23(3)48)36(61-25(5)50)32(63-39(53)27-12-9-15-46-18-27)30-34(64-41(55)29-14-11-17-57-29)45(44,43(35,8)56)66-42(30,7)19-59-40(54)28-13-10-16-47-31(21)28/h9-18,21-22,30,32-37,56H,19-20H2,1-8H3/t21-,22+,30-,32-,33+,34-,35+,36-,37+,42+,43+,44-,45+/m1/s1. The smallest absolute Gasteiger partial charge is 0.374 e. The van der Waals surface area contributed by atoms with Gasteiger partial charge >= 0.3 is 47.8 Å². The molecule has 1 saturated heterocycles. The minimum Gasteiger partial charge on any atom is -0.465 e. The van der Waals surface area contributed by atoms with Gasteiger partial charge in [0.15, 0.2) is 30.0 Å². The highest BCUT2D eigenvalue weighted by molar-refractivity contribution is 5.91. The number of aliphatic hydroxyl groups is 1. The van der Waals surface area contributed by atoms with Crippen molar-refractivity contribution in [3.05, 3.63) is 83.8 Å². The zero-order valence-electron chi connectivity index (χ0n) is 37.1. The van der Waals surface area contributed by atoms with E-state index in [0.717, 1.165) is 47.1 Å². The number of aromatic nitrogens is 2. The molecule has 0 unspecified atom stereocenters. The second-order valence-corrected chi connectivity index (χ2v) is 17.1. The first kappa shape index (κ1) is 47.2. The lowest BCUT2D eigenvalue weighted by molar-refractivity contribution is -0.385. The fourth-order valence-corrected chi connectivity index (χ4v) is 10.1. The number of rotatable bonds is 9. The van der Waals surface area contributed by atoms with Crippen LogP contribution in [0.1, 0.15) is 98.3 Å². The van der Waals surface area contributed by atoms with Gasteiger partial charge < -0.3 is 52.2 Å². The van der Waals surface area contributed by atoms with Crippen LogP contribution in [0.15, 0.2) is 65.7 Å². The van der Waals surface area contributed by atoms with Gasteiger partial charge in [0.05, 0.1) is 34.9 Å². The Labute approximate surface area is 376 Å². The van der Waals surface area contributed by atoms with Gasteiger partial charge in [-0.2, -0.15) is 0 Å². The summed E-state index contributed by atoms with van der Waals surface area (Å²) in [6, 6.07) is 8.25. The molecule has 1 N–H and O–H groups in total. The molecule has 66 heavy (non-hydrogen) atoms. The Morgan fingerprint density at radius 1 is 0.773 bits per heavy atom. The number of ether oxygens (including phenoxy) is 9. The molecule has 4 bridgehead atoms. The third-order valence-electron chi connectivity index (χ3n) is 12.9. The van der Waals surface area contributed by atoms with Crippen molar-refractivity contribution < 1.29 is 90.5 Å². The molecule has 21 heteroatoms. The molecule has 0 radical (unpaired) electrons. The summed E-state index contributed by atoms with van der Waals surface area (Å²) in [6.07, 6.45) is -7.63. The van der Waals surface area contributed by atoms with E-state index < -0.39 is 143 Å². The molecule has 1 spiro atoms. The number of cyclic esters (lactones) is 1. The van der Waals surface area contributed by atoms with Gasteiger partial charge in [0.2, 0.25) is 5.76 Å². The lowest BCUT2D eigenvalue weighted by Gasteiger charge is -2.67. The Balaban J connectivity index is 1.65. The highest BCUT2D eigenvalue weighted by atomic mass is 16.7. The fraction of sp³-hybridized carbons (Fsp3) is 0.511. The van der Waals surface area contributed by atoms with Gasteiger partial charge in [0.1, 0.15) is 42.0 Å². The summed E-state index contributed by atoms with van der Waals surface area (Å²) < 4.78 is 61.4. The average Bonchev–Trinajstić information content (AvgIpc) is 3.88. The van der Waals surface area contributed by atoms with Crippen molar-refractivity contribution >= 4 is 47.8 Å². The molecular weight excluding hydrogens is 872 g/mol. The molecule has 2 aliphatic carbocycles. The highest BCUT2D eigenvalue weighted by Gasteiger charge is 2.92. The van der Waals surface area contributed by atoms with E-state index in [0.29, 0.717) is 0 Å². The van der Waals surface area contributed by atoms with Gasteiger partial charge in [-0.15, -0.1) is 0 Å². The normalized spacial score (nSPS) is 34.5. The second-order valence-electron chi connectivity index (χ2n) is 17.1. The number of fused-ring (bicyclic) bond motifs is 5. The van der Waals surface area contributed by atoms with E-state index in [1.54, 1.807) is 6.92 Å². The van der Waals surface area contributed by atoms with E-state index >= 15 is 0 Å². The van der Waals surface area contributed by atoms with Crippen molar-refractivity contribution in [2.75, 3.05) is 13.2 Å². The fourth-order valence-electron chi connectivity index (χ4n) is 10.1. The Hall–Kier alpha value is -6.74. The number of carbonyl (C=O) groups excluding carboxylic acids is 8. The maximum absolute atomic E-state index is 14.6. The van der Waals surface area contributed by atoms with E-state index in [4.69, 9.17) is 47.0 Å². The second kappa shape index (κ2) is 17.6.